The van der Waals surface area contributed by atoms with Crippen LogP contribution >= 0.6 is 0 Å². The van der Waals surface area contributed by atoms with Gasteiger partial charge in [0.25, 0.3) is 0 Å². The smallest absolute Gasteiger partial charge is 0.306 e. The Morgan fingerprint density at radius 2 is 1.70 bits per heavy atom. The molecule has 1 aliphatic heterocycles. The Labute approximate surface area is 159 Å². The SMILES string of the molecule is CC1(C)CC(N2CCC(n3c(=O)[nH]c4ccccc43)CC2)c2ccccc21. The molecule has 2 aromatic carbocycles. The van der Waals surface area contributed by atoms with Gasteiger partial charge in [0.15, 0.2) is 0 Å². The third-order valence-electron chi connectivity index (χ3n) is 6.68. The minimum Gasteiger partial charge on any atom is -0.306 e. The van der Waals surface area contributed by atoms with E-state index in [-0.39, 0.29) is 17.1 Å². The van der Waals surface area contributed by atoms with Gasteiger partial charge in [0.2, 0.25) is 0 Å². The highest BCUT2D eigenvalue weighted by atomic mass is 16.1. The third-order valence-corrected chi connectivity index (χ3v) is 6.68. The molecule has 2 aliphatic rings. The summed E-state index contributed by atoms with van der Waals surface area (Å²) in [5, 5.41) is 0. The highest BCUT2D eigenvalue weighted by molar-refractivity contribution is 5.75. The maximum atomic E-state index is 12.5. The van der Waals surface area contributed by atoms with E-state index in [1.54, 1.807) is 0 Å². The van der Waals surface area contributed by atoms with Crippen molar-refractivity contribution in [1.82, 2.24) is 14.5 Å². The fourth-order valence-electron chi connectivity index (χ4n) is 5.33. The summed E-state index contributed by atoms with van der Waals surface area (Å²) in [6, 6.07) is 17.8. The summed E-state index contributed by atoms with van der Waals surface area (Å²) in [5.74, 6) is 0. The number of para-hydroxylation sites is 2. The largest absolute Gasteiger partial charge is 0.326 e. The second-order valence-electron chi connectivity index (χ2n) is 8.78. The molecule has 0 amide bonds. The van der Waals surface area contributed by atoms with Crippen LogP contribution in [0, 0.1) is 0 Å². The molecule has 0 bridgehead atoms. The van der Waals surface area contributed by atoms with E-state index < -0.39 is 0 Å². The highest BCUT2D eigenvalue weighted by Crippen LogP contribution is 2.48. The van der Waals surface area contributed by atoms with E-state index in [9.17, 15) is 4.79 Å². The van der Waals surface area contributed by atoms with E-state index >= 15 is 0 Å². The van der Waals surface area contributed by atoms with Gasteiger partial charge in [-0.2, -0.15) is 0 Å². The summed E-state index contributed by atoms with van der Waals surface area (Å²) < 4.78 is 1.99. The molecule has 1 unspecified atom stereocenters. The Balaban J connectivity index is 1.38. The van der Waals surface area contributed by atoms with Crippen LogP contribution in [0.15, 0.2) is 53.3 Å². The van der Waals surface area contributed by atoms with Crippen molar-refractivity contribution in [2.45, 2.75) is 50.6 Å². The van der Waals surface area contributed by atoms with Gasteiger partial charge in [-0.25, -0.2) is 4.79 Å². The molecule has 1 fully saturated rings. The Hall–Kier alpha value is -2.33. The topological polar surface area (TPSA) is 41.0 Å². The van der Waals surface area contributed by atoms with Crippen LogP contribution in [-0.4, -0.2) is 27.5 Å². The van der Waals surface area contributed by atoms with Gasteiger partial charge in [0.05, 0.1) is 11.0 Å². The number of imidazole rings is 1. The fraction of sp³-hybridized carbons (Fsp3) is 0.435. The van der Waals surface area contributed by atoms with Crippen molar-refractivity contribution in [3.8, 4) is 0 Å². The Kier molecular flexibility index (Phi) is 3.80. The Bertz CT molecular complexity index is 1040. The monoisotopic (exact) mass is 361 g/mol. The first kappa shape index (κ1) is 16.8. The number of nitrogens with one attached hydrogen (secondary N) is 1. The summed E-state index contributed by atoms with van der Waals surface area (Å²) in [6.45, 7) is 6.82. The third kappa shape index (κ3) is 2.66. The van der Waals surface area contributed by atoms with E-state index in [1.807, 2.05) is 22.8 Å². The predicted octanol–water partition coefficient (Wildman–Crippen LogP) is 4.39. The molecule has 3 aromatic rings. The van der Waals surface area contributed by atoms with Gasteiger partial charge in [-0.3, -0.25) is 9.47 Å². The van der Waals surface area contributed by atoms with Gasteiger partial charge in [0.1, 0.15) is 0 Å². The quantitative estimate of drug-likeness (QED) is 0.735. The van der Waals surface area contributed by atoms with Crippen LogP contribution in [0.3, 0.4) is 0 Å². The molecule has 0 spiro atoms. The predicted molar refractivity (Wildman–Crippen MR) is 109 cm³/mol. The number of H-pyrrole nitrogens is 1. The molecular weight excluding hydrogens is 334 g/mol. The molecule has 5 rings (SSSR count). The number of aromatic amines is 1. The summed E-state index contributed by atoms with van der Waals surface area (Å²) in [6.07, 6.45) is 3.24. The standard InChI is InChI=1S/C23H27N3O/c1-23(2)15-21(17-7-3-4-8-18(17)23)25-13-11-16(12-14-25)26-20-10-6-5-9-19(20)24-22(26)27/h3-10,16,21H,11-15H2,1-2H3,(H,24,27). The minimum absolute atomic E-state index is 0.0296. The van der Waals surface area contributed by atoms with E-state index in [1.165, 1.54) is 17.5 Å². The molecule has 1 saturated heterocycles. The lowest BCUT2D eigenvalue weighted by molar-refractivity contribution is 0.126. The van der Waals surface area contributed by atoms with Crippen molar-refractivity contribution in [1.29, 1.82) is 0 Å². The second kappa shape index (κ2) is 6.10. The van der Waals surface area contributed by atoms with Gasteiger partial charge in [-0.1, -0.05) is 50.2 Å². The highest BCUT2D eigenvalue weighted by Gasteiger charge is 2.40. The number of aromatic nitrogens is 2. The molecule has 1 N–H and O–H groups in total. The maximum absolute atomic E-state index is 12.5. The molecule has 1 aromatic heterocycles. The number of nitrogens with zero attached hydrogens (tertiary/aromatic N) is 2. The van der Waals surface area contributed by atoms with Crippen LogP contribution in [0.2, 0.25) is 0 Å². The molecule has 1 aliphatic carbocycles. The number of rotatable bonds is 2. The number of piperidine rings is 1. The summed E-state index contributed by atoms with van der Waals surface area (Å²) in [7, 11) is 0. The van der Waals surface area contributed by atoms with E-state index in [0.29, 0.717) is 6.04 Å². The average molecular weight is 361 g/mol. The molecule has 2 heterocycles. The minimum atomic E-state index is 0.0296. The molecule has 140 valence electrons. The van der Waals surface area contributed by atoms with Crippen molar-refractivity contribution in [2.24, 2.45) is 0 Å². The van der Waals surface area contributed by atoms with Crippen LogP contribution in [0.1, 0.15) is 56.3 Å². The zero-order valence-electron chi connectivity index (χ0n) is 16.1. The Morgan fingerprint density at radius 3 is 2.52 bits per heavy atom. The number of hydrogen-bond acceptors (Lipinski definition) is 2. The average Bonchev–Trinajstić information content (AvgIpc) is 3.15. The number of hydrogen-bond donors (Lipinski definition) is 1. The van der Waals surface area contributed by atoms with Gasteiger partial charge in [-0.15, -0.1) is 0 Å². The first-order valence-corrected chi connectivity index (χ1v) is 10.1. The summed E-state index contributed by atoms with van der Waals surface area (Å²) >= 11 is 0. The van der Waals surface area contributed by atoms with E-state index in [2.05, 4.69) is 54.1 Å². The fourth-order valence-corrected chi connectivity index (χ4v) is 5.33. The van der Waals surface area contributed by atoms with Gasteiger partial charge in [-0.05, 0) is 47.9 Å². The zero-order valence-corrected chi connectivity index (χ0v) is 16.1. The van der Waals surface area contributed by atoms with Crippen LogP contribution < -0.4 is 5.69 Å². The van der Waals surface area contributed by atoms with Gasteiger partial charge < -0.3 is 4.98 Å². The molecular formula is C23H27N3O. The number of likely N-dealkylation sites (tertiary alicyclic amines) is 1. The first-order chi connectivity index (χ1) is 13.0. The van der Waals surface area contributed by atoms with Crippen LogP contribution in [0.4, 0.5) is 0 Å². The molecule has 4 nitrogen and oxygen atoms in total. The van der Waals surface area contributed by atoms with Crippen LogP contribution in [-0.2, 0) is 5.41 Å². The number of fused-ring (bicyclic) bond motifs is 2. The van der Waals surface area contributed by atoms with Crippen molar-refractivity contribution >= 4 is 11.0 Å². The summed E-state index contributed by atoms with van der Waals surface area (Å²) in [4.78, 5) is 18.2. The summed E-state index contributed by atoms with van der Waals surface area (Å²) in [5.41, 5.74) is 5.26. The van der Waals surface area contributed by atoms with Crippen LogP contribution in [0.5, 0.6) is 0 Å². The molecule has 0 radical (unpaired) electrons. The lowest BCUT2D eigenvalue weighted by atomic mass is 9.86. The second-order valence-corrected chi connectivity index (χ2v) is 8.78. The first-order valence-electron chi connectivity index (χ1n) is 10.1. The molecule has 1 atom stereocenters. The van der Waals surface area contributed by atoms with Crippen molar-refractivity contribution < 1.29 is 0 Å². The van der Waals surface area contributed by atoms with Crippen LogP contribution in [0.25, 0.3) is 11.0 Å². The van der Waals surface area contributed by atoms with Gasteiger partial charge >= 0.3 is 5.69 Å². The lowest BCUT2D eigenvalue weighted by Gasteiger charge is -2.37. The molecule has 27 heavy (non-hydrogen) atoms. The van der Waals surface area contributed by atoms with E-state index in [4.69, 9.17) is 0 Å². The number of benzene rings is 2. The molecule has 0 saturated carbocycles. The normalized spacial score (nSPS) is 23.0. The van der Waals surface area contributed by atoms with Gasteiger partial charge in [0, 0.05) is 25.2 Å². The lowest BCUT2D eigenvalue weighted by Crippen LogP contribution is -2.39. The van der Waals surface area contributed by atoms with Crippen molar-refractivity contribution in [3.05, 3.63) is 70.1 Å². The maximum Gasteiger partial charge on any atom is 0.326 e. The van der Waals surface area contributed by atoms with E-state index in [0.717, 1.165) is 37.0 Å². The van der Waals surface area contributed by atoms with Crippen molar-refractivity contribution in [2.75, 3.05) is 13.1 Å². The molecule has 4 heteroatoms. The van der Waals surface area contributed by atoms with Crippen molar-refractivity contribution in [3.63, 3.8) is 0 Å². The zero-order chi connectivity index (χ0) is 18.6. The Morgan fingerprint density at radius 1 is 1.00 bits per heavy atom.